The topological polar surface area (TPSA) is 0 Å². The van der Waals surface area contributed by atoms with E-state index in [9.17, 15) is 0 Å². The Bertz CT molecular complexity index is 154. The Labute approximate surface area is 54.9 Å². The zero-order chi connectivity index (χ0) is 5.98. The Morgan fingerprint density at radius 1 is 1.50 bits per heavy atom. The standard InChI is InChI=1S/C7H8S/c1-6-4-2-3-5-7(6)8/h2-6H,1H3. The van der Waals surface area contributed by atoms with Crippen LogP contribution in [0.3, 0.4) is 0 Å². The second-order valence-electron chi connectivity index (χ2n) is 1.94. The zero-order valence-electron chi connectivity index (χ0n) is 4.79. The Morgan fingerprint density at radius 3 is 2.62 bits per heavy atom. The number of rotatable bonds is 0. The first-order chi connectivity index (χ1) is 3.80. The molecular formula is C7H8S. The molecule has 0 aromatic carbocycles. The fourth-order valence-electron chi connectivity index (χ4n) is 0.628. The maximum atomic E-state index is 4.99. The molecule has 0 amide bonds. The zero-order valence-corrected chi connectivity index (χ0v) is 5.61. The molecule has 0 saturated carbocycles. The van der Waals surface area contributed by atoms with Crippen LogP contribution in [0.5, 0.6) is 0 Å². The van der Waals surface area contributed by atoms with Crippen LogP contribution in [-0.2, 0) is 0 Å². The number of thiocarbonyl (C=S) groups is 1. The van der Waals surface area contributed by atoms with Crippen LogP contribution < -0.4 is 0 Å². The normalized spacial score (nSPS) is 26.6. The van der Waals surface area contributed by atoms with E-state index in [1.165, 1.54) is 0 Å². The molecule has 1 rings (SSSR count). The highest BCUT2D eigenvalue weighted by atomic mass is 32.1. The van der Waals surface area contributed by atoms with E-state index >= 15 is 0 Å². The third-order valence-corrected chi connectivity index (χ3v) is 1.73. The average molecular weight is 124 g/mol. The van der Waals surface area contributed by atoms with E-state index in [0.29, 0.717) is 5.92 Å². The Hall–Kier alpha value is -0.430. The lowest BCUT2D eigenvalue weighted by atomic mass is 10.0. The van der Waals surface area contributed by atoms with Gasteiger partial charge in [0.25, 0.3) is 0 Å². The van der Waals surface area contributed by atoms with Crippen LogP contribution in [0.25, 0.3) is 0 Å². The minimum atomic E-state index is 0.468. The molecule has 0 spiro atoms. The number of allylic oxidation sites excluding steroid dienone is 4. The molecule has 1 unspecified atom stereocenters. The second-order valence-corrected chi connectivity index (χ2v) is 2.41. The molecule has 0 aromatic heterocycles. The van der Waals surface area contributed by atoms with E-state index in [0.717, 1.165) is 4.86 Å². The highest BCUT2D eigenvalue weighted by Crippen LogP contribution is 2.06. The third kappa shape index (κ3) is 1.04. The van der Waals surface area contributed by atoms with Gasteiger partial charge in [-0.25, -0.2) is 0 Å². The predicted octanol–water partition coefficient (Wildman–Crippen LogP) is 2.12. The fourth-order valence-corrected chi connectivity index (χ4v) is 0.785. The summed E-state index contributed by atoms with van der Waals surface area (Å²) in [4.78, 5) is 1.03. The summed E-state index contributed by atoms with van der Waals surface area (Å²) in [6.07, 6.45) is 8.07. The molecule has 0 aliphatic heterocycles. The van der Waals surface area contributed by atoms with Gasteiger partial charge in [0.15, 0.2) is 0 Å². The van der Waals surface area contributed by atoms with Crippen LogP contribution in [0.4, 0.5) is 0 Å². The Kier molecular flexibility index (Phi) is 1.59. The van der Waals surface area contributed by atoms with Gasteiger partial charge in [0, 0.05) is 10.8 Å². The molecule has 0 fully saturated rings. The van der Waals surface area contributed by atoms with Crippen LogP contribution in [0.1, 0.15) is 6.92 Å². The maximum Gasteiger partial charge on any atom is 0.0218 e. The average Bonchev–Trinajstić information content (AvgIpc) is 1.77. The summed E-state index contributed by atoms with van der Waals surface area (Å²) in [7, 11) is 0. The van der Waals surface area contributed by atoms with Gasteiger partial charge in [-0.15, -0.1) is 0 Å². The highest BCUT2D eigenvalue weighted by molar-refractivity contribution is 7.80. The summed E-state index contributed by atoms with van der Waals surface area (Å²) in [5.41, 5.74) is 0. The lowest BCUT2D eigenvalue weighted by molar-refractivity contribution is 1.02. The second kappa shape index (κ2) is 2.23. The van der Waals surface area contributed by atoms with Gasteiger partial charge in [-0.05, 0) is 6.08 Å². The van der Waals surface area contributed by atoms with Crippen molar-refractivity contribution < 1.29 is 0 Å². The van der Waals surface area contributed by atoms with Crippen LogP contribution >= 0.6 is 12.2 Å². The lowest BCUT2D eigenvalue weighted by Crippen LogP contribution is -2.03. The van der Waals surface area contributed by atoms with Gasteiger partial charge in [0.1, 0.15) is 0 Å². The Balaban J connectivity index is 2.74. The van der Waals surface area contributed by atoms with Crippen molar-refractivity contribution in [3.63, 3.8) is 0 Å². The minimum absolute atomic E-state index is 0.468. The van der Waals surface area contributed by atoms with Crippen molar-refractivity contribution >= 4 is 17.1 Å². The highest BCUT2D eigenvalue weighted by Gasteiger charge is 2.01. The van der Waals surface area contributed by atoms with Gasteiger partial charge >= 0.3 is 0 Å². The molecule has 0 radical (unpaired) electrons. The van der Waals surface area contributed by atoms with Crippen LogP contribution in [-0.4, -0.2) is 4.86 Å². The molecular weight excluding hydrogens is 116 g/mol. The Morgan fingerprint density at radius 2 is 2.25 bits per heavy atom. The first-order valence-electron chi connectivity index (χ1n) is 2.69. The first kappa shape index (κ1) is 5.70. The third-order valence-electron chi connectivity index (χ3n) is 1.22. The van der Waals surface area contributed by atoms with Crippen molar-refractivity contribution in [2.24, 2.45) is 5.92 Å². The molecule has 0 nitrogen and oxygen atoms in total. The summed E-state index contributed by atoms with van der Waals surface area (Å²) in [6, 6.07) is 0. The molecule has 1 aliphatic carbocycles. The van der Waals surface area contributed by atoms with E-state index in [-0.39, 0.29) is 0 Å². The SMILES string of the molecule is CC1C=CC=CC1=S. The fraction of sp³-hybridized carbons (Fsp3) is 0.286. The van der Waals surface area contributed by atoms with Crippen LogP contribution in [0, 0.1) is 5.92 Å². The molecule has 0 bridgehead atoms. The molecule has 42 valence electrons. The molecule has 0 N–H and O–H groups in total. The molecule has 0 aromatic rings. The summed E-state index contributed by atoms with van der Waals surface area (Å²) < 4.78 is 0. The number of hydrogen-bond acceptors (Lipinski definition) is 1. The smallest absolute Gasteiger partial charge is 0.0218 e. The van der Waals surface area contributed by atoms with E-state index in [2.05, 4.69) is 13.0 Å². The van der Waals surface area contributed by atoms with E-state index in [4.69, 9.17) is 12.2 Å². The summed E-state index contributed by atoms with van der Waals surface area (Å²) in [5.74, 6) is 0.468. The van der Waals surface area contributed by atoms with Gasteiger partial charge in [-0.3, -0.25) is 0 Å². The van der Waals surface area contributed by atoms with Crippen molar-refractivity contribution in [1.29, 1.82) is 0 Å². The molecule has 1 aliphatic rings. The van der Waals surface area contributed by atoms with Gasteiger partial charge < -0.3 is 0 Å². The van der Waals surface area contributed by atoms with Crippen molar-refractivity contribution in [3.8, 4) is 0 Å². The van der Waals surface area contributed by atoms with E-state index in [1.807, 2.05) is 18.2 Å². The molecule has 1 heteroatoms. The summed E-state index contributed by atoms with van der Waals surface area (Å²) >= 11 is 4.99. The van der Waals surface area contributed by atoms with Gasteiger partial charge in [0.2, 0.25) is 0 Å². The lowest BCUT2D eigenvalue weighted by Gasteiger charge is -2.05. The maximum absolute atomic E-state index is 4.99. The van der Waals surface area contributed by atoms with Crippen molar-refractivity contribution in [3.05, 3.63) is 24.3 Å². The molecule has 0 heterocycles. The quantitative estimate of drug-likeness (QED) is 0.446. The van der Waals surface area contributed by atoms with Gasteiger partial charge in [-0.1, -0.05) is 37.4 Å². The molecule has 1 atom stereocenters. The molecule has 8 heavy (non-hydrogen) atoms. The first-order valence-corrected chi connectivity index (χ1v) is 3.10. The summed E-state index contributed by atoms with van der Waals surface area (Å²) in [6.45, 7) is 2.10. The molecule has 0 saturated heterocycles. The monoisotopic (exact) mass is 124 g/mol. The van der Waals surface area contributed by atoms with Gasteiger partial charge in [0.05, 0.1) is 0 Å². The van der Waals surface area contributed by atoms with Crippen molar-refractivity contribution in [1.82, 2.24) is 0 Å². The van der Waals surface area contributed by atoms with E-state index in [1.54, 1.807) is 0 Å². The van der Waals surface area contributed by atoms with Crippen LogP contribution in [0.15, 0.2) is 24.3 Å². The largest absolute Gasteiger partial charge is 0.0843 e. The van der Waals surface area contributed by atoms with Crippen molar-refractivity contribution in [2.45, 2.75) is 6.92 Å². The predicted molar refractivity (Wildman–Crippen MR) is 40.0 cm³/mol. The minimum Gasteiger partial charge on any atom is -0.0843 e. The number of hydrogen-bond donors (Lipinski definition) is 0. The van der Waals surface area contributed by atoms with Gasteiger partial charge in [-0.2, -0.15) is 0 Å². The summed E-state index contributed by atoms with van der Waals surface area (Å²) in [5, 5.41) is 0. The van der Waals surface area contributed by atoms with Crippen molar-refractivity contribution in [2.75, 3.05) is 0 Å². The van der Waals surface area contributed by atoms with Crippen LogP contribution in [0.2, 0.25) is 0 Å². The van der Waals surface area contributed by atoms with E-state index < -0.39 is 0 Å².